The van der Waals surface area contributed by atoms with Gasteiger partial charge in [-0.25, -0.2) is 0 Å². The van der Waals surface area contributed by atoms with Crippen LogP contribution in [0.2, 0.25) is 0 Å². The first kappa shape index (κ1) is 22.9. The maximum Gasteiger partial charge on any atom is 0.420 e. The van der Waals surface area contributed by atoms with Gasteiger partial charge in [-0.05, 0) is 54.5 Å². The predicted molar refractivity (Wildman–Crippen MR) is 104 cm³/mol. The molecule has 1 saturated carbocycles. The fraction of sp³-hybridized carbons (Fsp3) is 0.476. The smallest absolute Gasteiger partial charge is 0.420 e. The van der Waals surface area contributed by atoms with Crippen LogP contribution in [-0.4, -0.2) is 23.9 Å². The monoisotopic (exact) mass is 496 g/mol. The Kier molecular flexibility index (Phi) is 6.69. The zero-order valence-corrected chi connectivity index (χ0v) is 17.3. The molecule has 0 aliphatic heterocycles. The van der Waals surface area contributed by atoms with E-state index in [1.807, 2.05) is 0 Å². The van der Waals surface area contributed by atoms with Crippen LogP contribution in [0.25, 0.3) is 10.8 Å². The van der Waals surface area contributed by atoms with Gasteiger partial charge in [0.2, 0.25) is 0 Å². The van der Waals surface area contributed by atoms with Crippen molar-refractivity contribution in [3.8, 4) is 5.75 Å². The van der Waals surface area contributed by atoms with Crippen molar-refractivity contribution < 1.29 is 35.9 Å². The molecule has 9 heteroatoms. The van der Waals surface area contributed by atoms with Gasteiger partial charge in [0.05, 0.1) is 23.1 Å². The standard InChI is InChI=1S/C21H19BrF6O2/c22-8-7-12-1-6-16-13(9-12)10-18(21(26,27)28)19(17(16)11-29)30-15-4-2-14(3-5-15)20(23,24)25/h1,6,9-11,14-15H,2-5,7-8H2/t14-,15+. The van der Waals surface area contributed by atoms with Gasteiger partial charge >= 0.3 is 12.4 Å². The number of benzene rings is 2. The van der Waals surface area contributed by atoms with Crippen molar-refractivity contribution in [1.82, 2.24) is 0 Å². The number of alkyl halides is 7. The molecule has 0 unspecified atom stereocenters. The van der Waals surface area contributed by atoms with Gasteiger partial charge in [-0.1, -0.05) is 34.1 Å². The summed E-state index contributed by atoms with van der Waals surface area (Å²) in [6.07, 6.45) is -9.47. The Labute approximate surface area is 177 Å². The van der Waals surface area contributed by atoms with E-state index in [-0.39, 0.29) is 36.6 Å². The van der Waals surface area contributed by atoms with Crippen molar-refractivity contribution in [3.63, 3.8) is 0 Å². The van der Waals surface area contributed by atoms with Crippen LogP contribution in [0.1, 0.15) is 47.2 Å². The lowest BCUT2D eigenvalue weighted by atomic mass is 9.87. The molecule has 2 aromatic rings. The highest BCUT2D eigenvalue weighted by Crippen LogP contribution is 2.44. The van der Waals surface area contributed by atoms with E-state index in [0.717, 1.165) is 11.6 Å². The van der Waals surface area contributed by atoms with Gasteiger partial charge < -0.3 is 4.74 Å². The number of hydrogen-bond donors (Lipinski definition) is 0. The highest BCUT2D eigenvalue weighted by molar-refractivity contribution is 9.09. The Bertz CT molecular complexity index is 914. The molecule has 0 bridgehead atoms. The number of aryl methyl sites for hydroxylation is 1. The first-order chi connectivity index (χ1) is 14.0. The Morgan fingerprint density at radius 3 is 2.23 bits per heavy atom. The largest absolute Gasteiger partial charge is 0.489 e. The SMILES string of the molecule is O=Cc1c(O[C@H]2CC[C@@H](C(F)(F)F)CC2)c(C(F)(F)F)cc2cc(CCBr)ccc12. The lowest BCUT2D eigenvalue weighted by Crippen LogP contribution is -2.32. The van der Waals surface area contributed by atoms with E-state index in [0.29, 0.717) is 23.4 Å². The zero-order chi connectivity index (χ0) is 22.1. The Hall–Kier alpha value is -1.77. The van der Waals surface area contributed by atoms with Crippen LogP contribution < -0.4 is 4.74 Å². The molecule has 0 aromatic heterocycles. The first-order valence-electron chi connectivity index (χ1n) is 9.46. The molecule has 2 aromatic carbocycles. The molecule has 164 valence electrons. The number of carbonyl (C=O) groups excluding carboxylic acids is 1. The highest BCUT2D eigenvalue weighted by Gasteiger charge is 2.43. The Morgan fingerprint density at radius 2 is 1.70 bits per heavy atom. The van der Waals surface area contributed by atoms with Gasteiger partial charge in [-0.15, -0.1) is 0 Å². The first-order valence-corrected chi connectivity index (χ1v) is 10.6. The second-order valence-corrected chi connectivity index (χ2v) is 8.20. The quantitative estimate of drug-likeness (QED) is 0.250. The van der Waals surface area contributed by atoms with Crippen LogP contribution in [0, 0.1) is 5.92 Å². The molecule has 0 N–H and O–H groups in total. The van der Waals surface area contributed by atoms with Crippen molar-refractivity contribution in [3.05, 3.63) is 41.0 Å². The highest BCUT2D eigenvalue weighted by atomic mass is 79.9. The van der Waals surface area contributed by atoms with Gasteiger partial charge in [0.25, 0.3) is 0 Å². The van der Waals surface area contributed by atoms with Crippen LogP contribution in [0.3, 0.4) is 0 Å². The van der Waals surface area contributed by atoms with Crippen LogP contribution in [0.15, 0.2) is 24.3 Å². The normalized spacial score (nSPS) is 20.4. The van der Waals surface area contributed by atoms with Crippen LogP contribution >= 0.6 is 15.9 Å². The molecule has 30 heavy (non-hydrogen) atoms. The average Bonchev–Trinajstić information content (AvgIpc) is 2.66. The van der Waals surface area contributed by atoms with Gasteiger partial charge in [0.15, 0.2) is 6.29 Å². The summed E-state index contributed by atoms with van der Waals surface area (Å²) in [5.41, 5.74) is -0.516. The summed E-state index contributed by atoms with van der Waals surface area (Å²) in [5.74, 6) is -2.08. The number of hydrogen-bond acceptors (Lipinski definition) is 2. The predicted octanol–water partition coefficient (Wildman–Crippen LogP) is 7.11. The van der Waals surface area contributed by atoms with E-state index < -0.39 is 35.7 Å². The number of rotatable bonds is 5. The number of carbonyl (C=O) groups is 1. The van der Waals surface area contributed by atoms with Crippen molar-refractivity contribution >= 4 is 33.0 Å². The molecule has 0 spiro atoms. The van der Waals surface area contributed by atoms with E-state index in [9.17, 15) is 31.1 Å². The number of fused-ring (bicyclic) bond motifs is 1. The van der Waals surface area contributed by atoms with Crippen molar-refractivity contribution in [2.24, 2.45) is 5.92 Å². The summed E-state index contributed by atoms with van der Waals surface area (Å²) in [6.45, 7) is 0. The second kappa shape index (κ2) is 8.77. The summed E-state index contributed by atoms with van der Waals surface area (Å²) in [5, 5.41) is 1.21. The topological polar surface area (TPSA) is 26.3 Å². The third-order valence-electron chi connectivity index (χ3n) is 5.42. The maximum absolute atomic E-state index is 13.8. The summed E-state index contributed by atoms with van der Waals surface area (Å²) in [6, 6.07) is 5.83. The van der Waals surface area contributed by atoms with Crippen LogP contribution in [0.5, 0.6) is 5.75 Å². The molecule has 0 saturated heterocycles. The average molecular weight is 497 g/mol. The van der Waals surface area contributed by atoms with Gasteiger partial charge in [-0.3, -0.25) is 4.79 Å². The van der Waals surface area contributed by atoms with Gasteiger partial charge in [-0.2, -0.15) is 26.3 Å². The molecule has 0 atom stereocenters. The molecular weight excluding hydrogens is 478 g/mol. The van der Waals surface area contributed by atoms with Crippen molar-refractivity contribution in [2.75, 3.05) is 5.33 Å². The minimum atomic E-state index is -4.78. The van der Waals surface area contributed by atoms with E-state index in [4.69, 9.17) is 4.74 Å². The third kappa shape index (κ3) is 4.92. The molecule has 2 nitrogen and oxygen atoms in total. The minimum absolute atomic E-state index is 0.0258. The van der Waals surface area contributed by atoms with E-state index in [1.165, 1.54) is 0 Å². The third-order valence-corrected chi connectivity index (χ3v) is 5.82. The Morgan fingerprint density at radius 1 is 1.03 bits per heavy atom. The zero-order valence-electron chi connectivity index (χ0n) is 15.7. The van der Waals surface area contributed by atoms with Crippen LogP contribution in [-0.2, 0) is 12.6 Å². The molecule has 0 amide bonds. The Balaban J connectivity index is 2.00. The fourth-order valence-electron chi connectivity index (χ4n) is 3.86. The fourth-order valence-corrected chi connectivity index (χ4v) is 4.32. The van der Waals surface area contributed by atoms with Crippen molar-refractivity contribution in [1.29, 1.82) is 0 Å². The second-order valence-electron chi connectivity index (χ2n) is 7.41. The van der Waals surface area contributed by atoms with Gasteiger partial charge in [0.1, 0.15) is 5.75 Å². The summed E-state index contributed by atoms with van der Waals surface area (Å²) in [4.78, 5) is 11.8. The molecule has 0 heterocycles. The van der Waals surface area contributed by atoms with Gasteiger partial charge in [0, 0.05) is 5.33 Å². The number of aldehydes is 1. The van der Waals surface area contributed by atoms with E-state index in [1.54, 1.807) is 18.2 Å². The number of halogens is 7. The summed E-state index contributed by atoms with van der Waals surface area (Å²) in [7, 11) is 0. The molecule has 1 aliphatic rings. The van der Waals surface area contributed by atoms with Crippen molar-refractivity contribution in [2.45, 2.75) is 50.6 Å². The minimum Gasteiger partial charge on any atom is -0.489 e. The molecule has 0 radical (unpaired) electrons. The van der Waals surface area contributed by atoms with E-state index >= 15 is 0 Å². The summed E-state index contributed by atoms with van der Waals surface area (Å²) < 4.78 is 85.4. The van der Waals surface area contributed by atoms with E-state index in [2.05, 4.69) is 15.9 Å². The maximum atomic E-state index is 13.8. The lowest BCUT2D eigenvalue weighted by Gasteiger charge is -2.31. The summed E-state index contributed by atoms with van der Waals surface area (Å²) >= 11 is 3.28. The lowest BCUT2D eigenvalue weighted by molar-refractivity contribution is -0.185. The molecule has 1 aliphatic carbocycles. The molecule has 1 fully saturated rings. The van der Waals surface area contributed by atoms with Crippen LogP contribution in [0.4, 0.5) is 26.3 Å². The number of ether oxygens (including phenoxy) is 1. The molecular formula is C21H19BrF6O2. The molecule has 3 rings (SSSR count).